The van der Waals surface area contributed by atoms with Gasteiger partial charge in [-0.15, -0.1) is 0 Å². The normalized spacial score (nSPS) is 23.4. The Balaban J connectivity index is 1.83. The van der Waals surface area contributed by atoms with Crippen LogP contribution >= 0.6 is 11.6 Å². The van der Waals surface area contributed by atoms with Crippen LogP contribution in [0.2, 0.25) is 5.02 Å². The van der Waals surface area contributed by atoms with E-state index in [1.807, 2.05) is 0 Å². The highest BCUT2D eigenvalue weighted by Gasteiger charge is 2.26. The molecule has 0 heterocycles. The van der Waals surface area contributed by atoms with Gasteiger partial charge in [0.15, 0.2) is 0 Å². The van der Waals surface area contributed by atoms with Gasteiger partial charge in [0.25, 0.3) is 0 Å². The van der Waals surface area contributed by atoms with Crippen molar-refractivity contribution in [3.8, 4) is 0 Å². The lowest BCUT2D eigenvalue weighted by atomic mass is 9.88. The van der Waals surface area contributed by atoms with E-state index in [0.29, 0.717) is 10.7 Å². The smallest absolute Gasteiger partial charge is 0.319 e. The first kappa shape index (κ1) is 11.2. The molecule has 0 aromatic heterocycles. The maximum absolute atomic E-state index is 11.5. The number of amides is 2. The van der Waals surface area contributed by atoms with Crippen LogP contribution in [0.25, 0.3) is 0 Å². The van der Waals surface area contributed by atoms with Crippen molar-refractivity contribution < 1.29 is 4.79 Å². The summed E-state index contributed by atoms with van der Waals surface area (Å²) in [6, 6.07) is 7.27. The standard InChI is InChI=1S/C11H14ClN3O/c12-7-2-1-3-9(4-7)14-11(16)15-10-5-8(13)6-10/h1-4,8,10H,5-6,13H2,(H2,14,15,16). The Kier molecular flexibility index (Phi) is 3.31. The van der Waals surface area contributed by atoms with Crippen molar-refractivity contribution in [2.24, 2.45) is 5.73 Å². The Hall–Kier alpha value is -1.26. The number of hydrogen-bond donors (Lipinski definition) is 3. The van der Waals surface area contributed by atoms with Crippen LogP contribution in [0.1, 0.15) is 12.8 Å². The van der Waals surface area contributed by atoms with Gasteiger partial charge >= 0.3 is 6.03 Å². The maximum atomic E-state index is 11.5. The van der Waals surface area contributed by atoms with Gasteiger partial charge in [0, 0.05) is 22.8 Å². The van der Waals surface area contributed by atoms with E-state index in [9.17, 15) is 4.79 Å². The minimum atomic E-state index is -0.209. The molecule has 1 aliphatic rings. The summed E-state index contributed by atoms with van der Waals surface area (Å²) in [6.07, 6.45) is 1.70. The third-order valence-corrected chi connectivity index (χ3v) is 2.83. The van der Waals surface area contributed by atoms with Crippen LogP contribution in [0, 0.1) is 0 Å². The van der Waals surface area contributed by atoms with Crippen molar-refractivity contribution in [1.82, 2.24) is 5.32 Å². The monoisotopic (exact) mass is 239 g/mol. The number of nitrogens with two attached hydrogens (primary N) is 1. The van der Waals surface area contributed by atoms with Crippen LogP contribution in [0.15, 0.2) is 24.3 Å². The topological polar surface area (TPSA) is 67.1 Å². The molecule has 16 heavy (non-hydrogen) atoms. The molecule has 0 bridgehead atoms. The Bertz CT molecular complexity index is 391. The highest BCUT2D eigenvalue weighted by atomic mass is 35.5. The lowest BCUT2D eigenvalue weighted by molar-refractivity contribution is 0.234. The van der Waals surface area contributed by atoms with E-state index >= 15 is 0 Å². The molecule has 2 rings (SSSR count). The summed E-state index contributed by atoms with van der Waals surface area (Å²) in [4.78, 5) is 11.5. The molecule has 1 aromatic carbocycles. The van der Waals surface area contributed by atoms with Crippen molar-refractivity contribution in [3.05, 3.63) is 29.3 Å². The van der Waals surface area contributed by atoms with E-state index in [2.05, 4.69) is 10.6 Å². The minimum Gasteiger partial charge on any atom is -0.335 e. The van der Waals surface area contributed by atoms with Crippen molar-refractivity contribution >= 4 is 23.3 Å². The lowest BCUT2D eigenvalue weighted by Crippen LogP contribution is -2.51. The maximum Gasteiger partial charge on any atom is 0.319 e. The summed E-state index contributed by atoms with van der Waals surface area (Å²) in [5.41, 5.74) is 6.32. The summed E-state index contributed by atoms with van der Waals surface area (Å²) in [5.74, 6) is 0. The fraction of sp³-hybridized carbons (Fsp3) is 0.364. The largest absolute Gasteiger partial charge is 0.335 e. The molecule has 86 valence electrons. The number of nitrogens with one attached hydrogen (secondary N) is 2. The molecule has 0 aliphatic heterocycles. The molecule has 1 saturated carbocycles. The zero-order valence-electron chi connectivity index (χ0n) is 8.74. The summed E-state index contributed by atoms with van der Waals surface area (Å²) in [6.45, 7) is 0. The van der Waals surface area contributed by atoms with E-state index in [1.165, 1.54) is 0 Å². The summed E-state index contributed by atoms with van der Waals surface area (Å²) in [7, 11) is 0. The molecular weight excluding hydrogens is 226 g/mol. The number of carbonyl (C=O) groups is 1. The van der Waals surface area contributed by atoms with E-state index in [4.69, 9.17) is 17.3 Å². The van der Waals surface area contributed by atoms with Gasteiger partial charge in [-0.1, -0.05) is 17.7 Å². The highest BCUT2D eigenvalue weighted by Crippen LogP contribution is 2.18. The van der Waals surface area contributed by atoms with Crippen LogP contribution in [0.4, 0.5) is 10.5 Å². The van der Waals surface area contributed by atoms with Crippen molar-refractivity contribution in [3.63, 3.8) is 0 Å². The Morgan fingerprint density at radius 2 is 2.19 bits per heavy atom. The van der Waals surface area contributed by atoms with E-state index < -0.39 is 0 Å². The average Bonchev–Trinajstić information content (AvgIpc) is 2.15. The second-order valence-electron chi connectivity index (χ2n) is 4.04. The van der Waals surface area contributed by atoms with Crippen LogP contribution in [0.5, 0.6) is 0 Å². The van der Waals surface area contributed by atoms with E-state index in [-0.39, 0.29) is 18.1 Å². The molecule has 4 nitrogen and oxygen atoms in total. The van der Waals surface area contributed by atoms with Gasteiger partial charge < -0.3 is 16.4 Å². The van der Waals surface area contributed by atoms with Gasteiger partial charge in [-0.2, -0.15) is 0 Å². The molecular formula is C11H14ClN3O. The van der Waals surface area contributed by atoms with Gasteiger partial charge in [0.05, 0.1) is 0 Å². The lowest BCUT2D eigenvalue weighted by Gasteiger charge is -2.32. The second-order valence-corrected chi connectivity index (χ2v) is 4.47. The predicted octanol–water partition coefficient (Wildman–Crippen LogP) is 1.95. The predicted molar refractivity (Wildman–Crippen MR) is 64.6 cm³/mol. The fourth-order valence-electron chi connectivity index (χ4n) is 1.70. The first-order valence-electron chi connectivity index (χ1n) is 5.22. The fourth-order valence-corrected chi connectivity index (χ4v) is 1.89. The van der Waals surface area contributed by atoms with E-state index in [1.54, 1.807) is 24.3 Å². The molecule has 0 atom stereocenters. The molecule has 1 aromatic rings. The molecule has 4 N–H and O–H groups in total. The molecule has 5 heteroatoms. The zero-order valence-corrected chi connectivity index (χ0v) is 9.50. The number of urea groups is 1. The van der Waals surface area contributed by atoms with Gasteiger partial charge in [-0.25, -0.2) is 4.79 Å². The number of anilines is 1. The van der Waals surface area contributed by atoms with Crippen molar-refractivity contribution in [2.75, 3.05) is 5.32 Å². The first-order chi connectivity index (χ1) is 7.63. The number of rotatable bonds is 2. The van der Waals surface area contributed by atoms with Gasteiger partial charge in [0.1, 0.15) is 0 Å². The number of hydrogen-bond acceptors (Lipinski definition) is 2. The van der Waals surface area contributed by atoms with Crippen LogP contribution in [-0.4, -0.2) is 18.1 Å². The average molecular weight is 240 g/mol. The first-order valence-corrected chi connectivity index (χ1v) is 5.60. The summed E-state index contributed by atoms with van der Waals surface area (Å²) >= 11 is 5.80. The van der Waals surface area contributed by atoms with Crippen LogP contribution in [-0.2, 0) is 0 Å². The van der Waals surface area contributed by atoms with Crippen molar-refractivity contribution in [2.45, 2.75) is 24.9 Å². The molecule has 0 radical (unpaired) electrons. The molecule has 1 fully saturated rings. The molecule has 0 unspecified atom stereocenters. The Labute approximate surface area is 99.2 Å². The number of carbonyl (C=O) groups excluding carboxylic acids is 1. The van der Waals surface area contributed by atoms with Crippen molar-refractivity contribution in [1.29, 1.82) is 0 Å². The molecule has 1 aliphatic carbocycles. The highest BCUT2D eigenvalue weighted by molar-refractivity contribution is 6.30. The number of benzene rings is 1. The minimum absolute atomic E-state index is 0.203. The molecule has 0 saturated heterocycles. The second kappa shape index (κ2) is 4.72. The third kappa shape index (κ3) is 2.87. The Morgan fingerprint density at radius 1 is 1.44 bits per heavy atom. The van der Waals surface area contributed by atoms with Gasteiger partial charge in [-0.05, 0) is 31.0 Å². The van der Waals surface area contributed by atoms with E-state index in [0.717, 1.165) is 12.8 Å². The molecule has 0 spiro atoms. The third-order valence-electron chi connectivity index (χ3n) is 2.59. The quantitative estimate of drug-likeness (QED) is 0.739. The Morgan fingerprint density at radius 3 is 2.81 bits per heavy atom. The van der Waals surface area contributed by atoms with Gasteiger partial charge in [0.2, 0.25) is 0 Å². The van der Waals surface area contributed by atoms with Gasteiger partial charge in [-0.3, -0.25) is 0 Å². The zero-order chi connectivity index (χ0) is 11.5. The SMILES string of the molecule is NC1CC(NC(=O)Nc2cccc(Cl)c2)C1. The van der Waals surface area contributed by atoms with Crippen LogP contribution < -0.4 is 16.4 Å². The molecule has 2 amide bonds. The van der Waals surface area contributed by atoms with Crippen LogP contribution in [0.3, 0.4) is 0 Å². The summed E-state index contributed by atoms with van der Waals surface area (Å²) in [5, 5.41) is 6.16. The number of halogens is 1. The summed E-state index contributed by atoms with van der Waals surface area (Å²) < 4.78 is 0.